The minimum Gasteiger partial charge on any atom is -0.496 e. The van der Waals surface area contributed by atoms with Gasteiger partial charge >= 0.3 is 0 Å². The molecule has 0 saturated heterocycles. The summed E-state index contributed by atoms with van der Waals surface area (Å²) in [6, 6.07) is 2.91. The van der Waals surface area contributed by atoms with E-state index in [1.54, 1.807) is 6.07 Å². The van der Waals surface area contributed by atoms with Gasteiger partial charge in [-0.3, -0.25) is 0 Å². The Morgan fingerprint density at radius 1 is 1.29 bits per heavy atom. The molecule has 1 aromatic carbocycles. The van der Waals surface area contributed by atoms with E-state index in [9.17, 15) is 4.39 Å². The Kier molecular flexibility index (Phi) is 4.95. The normalized spacial score (nSPS) is 14.8. The summed E-state index contributed by atoms with van der Waals surface area (Å²) in [7, 11) is 1.53. The van der Waals surface area contributed by atoms with Gasteiger partial charge in [-0.25, -0.2) is 4.39 Å². The Balaban J connectivity index is 3.16. The molecule has 2 atom stereocenters. The lowest BCUT2D eigenvalue weighted by atomic mass is 9.86. The third kappa shape index (κ3) is 3.19. The van der Waals surface area contributed by atoms with Gasteiger partial charge in [-0.1, -0.05) is 20.8 Å². The van der Waals surface area contributed by atoms with E-state index in [0.29, 0.717) is 22.1 Å². The molecule has 0 saturated carbocycles. The number of methoxy groups -OCH3 is 1. The van der Waals surface area contributed by atoms with Gasteiger partial charge in [-0.15, -0.1) is 0 Å². The van der Waals surface area contributed by atoms with E-state index >= 15 is 0 Å². The number of halogens is 2. The van der Waals surface area contributed by atoms with Crippen LogP contribution in [0.2, 0.25) is 0 Å². The molecular formula is C13H19BrFNO. The summed E-state index contributed by atoms with van der Waals surface area (Å²) < 4.78 is 19.0. The fourth-order valence-corrected chi connectivity index (χ4v) is 2.04. The van der Waals surface area contributed by atoms with E-state index in [1.807, 2.05) is 0 Å². The van der Waals surface area contributed by atoms with Crippen LogP contribution in [0, 0.1) is 17.7 Å². The lowest BCUT2D eigenvalue weighted by molar-refractivity contribution is 0.336. The second kappa shape index (κ2) is 5.83. The van der Waals surface area contributed by atoms with E-state index in [1.165, 1.54) is 13.2 Å². The zero-order chi connectivity index (χ0) is 13.2. The average Bonchev–Trinajstić information content (AvgIpc) is 2.29. The molecule has 2 unspecified atom stereocenters. The van der Waals surface area contributed by atoms with Crippen LogP contribution in [-0.2, 0) is 0 Å². The molecule has 0 radical (unpaired) electrons. The summed E-state index contributed by atoms with van der Waals surface area (Å²) in [5, 5.41) is 0. The molecule has 1 aromatic rings. The summed E-state index contributed by atoms with van der Waals surface area (Å²) in [4.78, 5) is 0. The molecule has 96 valence electrons. The molecule has 0 aliphatic rings. The van der Waals surface area contributed by atoms with Crippen LogP contribution in [0.1, 0.15) is 32.4 Å². The van der Waals surface area contributed by atoms with Crippen molar-refractivity contribution < 1.29 is 9.13 Å². The zero-order valence-electron chi connectivity index (χ0n) is 10.6. The van der Waals surface area contributed by atoms with Crippen molar-refractivity contribution in [3.05, 3.63) is 28.0 Å². The van der Waals surface area contributed by atoms with Crippen molar-refractivity contribution in [3.8, 4) is 5.75 Å². The van der Waals surface area contributed by atoms with Crippen molar-refractivity contribution in [2.75, 3.05) is 7.11 Å². The Morgan fingerprint density at radius 3 is 2.35 bits per heavy atom. The van der Waals surface area contributed by atoms with Gasteiger partial charge in [-0.2, -0.15) is 0 Å². The first-order chi connectivity index (χ1) is 7.88. The summed E-state index contributed by atoms with van der Waals surface area (Å²) in [5.41, 5.74) is 7.05. The summed E-state index contributed by atoms with van der Waals surface area (Å²) in [6.45, 7) is 6.33. The maximum atomic E-state index is 13.4. The van der Waals surface area contributed by atoms with Gasteiger partial charge in [0.2, 0.25) is 0 Å². The highest BCUT2D eigenvalue weighted by Crippen LogP contribution is 2.34. The van der Waals surface area contributed by atoms with E-state index < -0.39 is 0 Å². The topological polar surface area (TPSA) is 35.2 Å². The van der Waals surface area contributed by atoms with Crippen LogP contribution in [0.5, 0.6) is 5.75 Å². The van der Waals surface area contributed by atoms with Crippen molar-refractivity contribution in [2.45, 2.75) is 26.8 Å². The highest BCUT2D eigenvalue weighted by atomic mass is 79.9. The highest BCUT2D eigenvalue weighted by Gasteiger charge is 2.22. The minimum atomic E-state index is -0.338. The quantitative estimate of drug-likeness (QED) is 0.916. The minimum absolute atomic E-state index is 0.165. The second-order valence-electron chi connectivity index (χ2n) is 4.64. The molecular weight excluding hydrogens is 285 g/mol. The molecule has 0 aromatic heterocycles. The predicted octanol–water partition coefficient (Wildman–Crippen LogP) is 3.89. The van der Waals surface area contributed by atoms with E-state index in [2.05, 4.69) is 36.7 Å². The maximum absolute atomic E-state index is 13.4. The lowest BCUT2D eigenvalue weighted by Crippen LogP contribution is -2.23. The molecule has 0 aliphatic heterocycles. The standard InChI is InChI=1S/C13H19BrFNO/c1-7(2)8(3)13(16)9-5-10(14)11(15)6-12(9)17-4/h5-8,13H,16H2,1-4H3. The van der Waals surface area contributed by atoms with Crippen LogP contribution >= 0.6 is 15.9 Å². The first-order valence-corrected chi connectivity index (χ1v) is 6.46. The van der Waals surface area contributed by atoms with E-state index in [0.717, 1.165) is 5.56 Å². The number of ether oxygens (including phenoxy) is 1. The third-order valence-corrected chi connectivity index (χ3v) is 3.86. The van der Waals surface area contributed by atoms with E-state index in [4.69, 9.17) is 10.5 Å². The van der Waals surface area contributed by atoms with Gasteiger partial charge < -0.3 is 10.5 Å². The van der Waals surface area contributed by atoms with Crippen molar-refractivity contribution in [1.82, 2.24) is 0 Å². The lowest BCUT2D eigenvalue weighted by Gasteiger charge is -2.25. The van der Waals surface area contributed by atoms with Crippen LogP contribution in [0.25, 0.3) is 0 Å². The predicted molar refractivity (Wildman–Crippen MR) is 71.6 cm³/mol. The Hall–Kier alpha value is -0.610. The summed E-state index contributed by atoms with van der Waals surface area (Å²) >= 11 is 3.18. The fraction of sp³-hybridized carbons (Fsp3) is 0.538. The molecule has 0 heterocycles. The number of benzene rings is 1. The van der Waals surface area contributed by atoms with Crippen LogP contribution in [0.15, 0.2) is 16.6 Å². The zero-order valence-corrected chi connectivity index (χ0v) is 12.2. The van der Waals surface area contributed by atoms with Crippen molar-refractivity contribution in [1.29, 1.82) is 0 Å². The van der Waals surface area contributed by atoms with Crippen molar-refractivity contribution >= 4 is 15.9 Å². The molecule has 2 nitrogen and oxygen atoms in total. The van der Waals surface area contributed by atoms with Gasteiger partial charge in [0.05, 0.1) is 11.6 Å². The second-order valence-corrected chi connectivity index (χ2v) is 5.49. The Labute approximate surface area is 110 Å². The monoisotopic (exact) mass is 303 g/mol. The first kappa shape index (κ1) is 14.5. The third-order valence-electron chi connectivity index (χ3n) is 3.25. The van der Waals surface area contributed by atoms with Gasteiger partial charge in [0.25, 0.3) is 0 Å². The number of hydrogen-bond acceptors (Lipinski definition) is 2. The largest absolute Gasteiger partial charge is 0.496 e. The van der Waals surface area contributed by atoms with Crippen LogP contribution < -0.4 is 10.5 Å². The molecule has 1 rings (SSSR count). The number of nitrogens with two attached hydrogens (primary N) is 1. The SMILES string of the molecule is COc1cc(F)c(Br)cc1C(N)C(C)C(C)C. The molecule has 4 heteroatoms. The Morgan fingerprint density at radius 2 is 1.88 bits per heavy atom. The number of rotatable bonds is 4. The first-order valence-electron chi connectivity index (χ1n) is 5.67. The highest BCUT2D eigenvalue weighted by molar-refractivity contribution is 9.10. The molecule has 0 aliphatic carbocycles. The molecule has 0 spiro atoms. The summed E-state index contributed by atoms with van der Waals surface area (Å²) in [6.07, 6.45) is 0. The van der Waals surface area contributed by atoms with Crippen LogP contribution in [0.3, 0.4) is 0 Å². The van der Waals surface area contributed by atoms with Crippen molar-refractivity contribution in [3.63, 3.8) is 0 Å². The van der Waals surface area contributed by atoms with E-state index in [-0.39, 0.29) is 11.9 Å². The molecule has 2 N–H and O–H groups in total. The summed E-state index contributed by atoms with van der Waals surface area (Å²) in [5.74, 6) is 0.917. The van der Waals surface area contributed by atoms with Crippen molar-refractivity contribution in [2.24, 2.45) is 17.6 Å². The molecule has 17 heavy (non-hydrogen) atoms. The molecule has 0 fully saturated rings. The van der Waals surface area contributed by atoms with Gasteiger partial charge in [-0.05, 0) is 33.8 Å². The van der Waals surface area contributed by atoms with Gasteiger partial charge in [0.15, 0.2) is 0 Å². The van der Waals surface area contributed by atoms with Crippen LogP contribution in [0.4, 0.5) is 4.39 Å². The molecule has 0 amide bonds. The fourth-order valence-electron chi connectivity index (χ4n) is 1.68. The maximum Gasteiger partial charge on any atom is 0.141 e. The van der Waals surface area contributed by atoms with Crippen LogP contribution in [-0.4, -0.2) is 7.11 Å². The van der Waals surface area contributed by atoms with Gasteiger partial charge in [0.1, 0.15) is 11.6 Å². The molecule has 0 bridgehead atoms. The smallest absolute Gasteiger partial charge is 0.141 e. The average molecular weight is 304 g/mol. The number of hydrogen-bond donors (Lipinski definition) is 1. The Bertz CT molecular complexity index is 395. The van der Waals surface area contributed by atoms with Gasteiger partial charge in [0, 0.05) is 17.7 Å².